The highest BCUT2D eigenvalue weighted by Gasteiger charge is 2.39. The second-order valence-corrected chi connectivity index (χ2v) is 8.29. The maximum atomic E-state index is 12.5. The topological polar surface area (TPSA) is 59.8 Å². The van der Waals surface area contributed by atoms with E-state index in [0.29, 0.717) is 13.1 Å². The number of methoxy groups -OCH3 is 1. The molecule has 1 saturated heterocycles. The first-order valence-electron chi connectivity index (χ1n) is 9.50. The number of nitrogens with zero attached hydrogens (tertiary/aromatic N) is 4. The molecular formula is C21H30N4O3. The van der Waals surface area contributed by atoms with E-state index >= 15 is 0 Å². The smallest absolute Gasteiger partial charge is 0.410 e. The molecule has 1 aliphatic heterocycles. The number of benzene rings is 1. The zero-order valence-corrected chi connectivity index (χ0v) is 17.5. The van der Waals surface area contributed by atoms with Crippen molar-refractivity contribution < 1.29 is 14.3 Å². The molecule has 2 atom stereocenters. The van der Waals surface area contributed by atoms with Crippen LogP contribution in [0.1, 0.15) is 20.8 Å². The van der Waals surface area contributed by atoms with Gasteiger partial charge in [0, 0.05) is 45.2 Å². The van der Waals surface area contributed by atoms with E-state index in [4.69, 9.17) is 9.47 Å². The first-order valence-corrected chi connectivity index (χ1v) is 9.50. The predicted molar refractivity (Wildman–Crippen MR) is 109 cm³/mol. The molecule has 1 aromatic heterocycles. The lowest BCUT2D eigenvalue weighted by atomic mass is 10.1. The van der Waals surface area contributed by atoms with E-state index in [1.807, 2.05) is 47.3 Å². The molecule has 7 nitrogen and oxygen atoms in total. The van der Waals surface area contributed by atoms with Gasteiger partial charge < -0.3 is 19.3 Å². The molecule has 3 rings (SSSR count). The van der Waals surface area contributed by atoms with Crippen LogP contribution in [0.15, 0.2) is 36.7 Å². The third-order valence-corrected chi connectivity index (χ3v) is 5.00. The highest BCUT2D eigenvalue weighted by atomic mass is 16.6. The van der Waals surface area contributed by atoms with E-state index in [9.17, 15) is 4.79 Å². The molecule has 1 fully saturated rings. The average Bonchev–Trinajstić information content (AvgIpc) is 3.26. The Morgan fingerprint density at radius 2 is 1.86 bits per heavy atom. The minimum Gasteiger partial charge on any atom is -0.444 e. The standard InChI is InChI=1S/C21H30N4O3/c1-21(2,3)28-20(26)25-13-18(19(14-25)27-6)24(5)17-9-7-15(8-10-17)16-11-22-23(4)12-16/h7-12,18-19H,13-14H2,1-6H3. The van der Waals surface area contributed by atoms with Gasteiger partial charge in [-0.05, 0) is 38.5 Å². The van der Waals surface area contributed by atoms with E-state index in [-0.39, 0.29) is 18.2 Å². The Morgan fingerprint density at radius 3 is 2.39 bits per heavy atom. The van der Waals surface area contributed by atoms with Gasteiger partial charge in [0.05, 0.1) is 24.9 Å². The summed E-state index contributed by atoms with van der Waals surface area (Å²) in [5, 5.41) is 4.23. The molecule has 0 radical (unpaired) electrons. The fourth-order valence-corrected chi connectivity index (χ4v) is 3.49. The Morgan fingerprint density at radius 1 is 1.18 bits per heavy atom. The van der Waals surface area contributed by atoms with E-state index in [1.165, 1.54) is 0 Å². The summed E-state index contributed by atoms with van der Waals surface area (Å²) in [4.78, 5) is 16.4. The molecule has 1 aliphatic rings. The number of amides is 1. The van der Waals surface area contributed by atoms with Crippen molar-refractivity contribution in [3.05, 3.63) is 36.7 Å². The van der Waals surface area contributed by atoms with Crippen molar-refractivity contribution in [1.82, 2.24) is 14.7 Å². The van der Waals surface area contributed by atoms with Crippen molar-refractivity contribution in [3.63, 3.8) is 0 Å². The van der Waals surface area contributed by atoms with E-state index in [1.54, 1.807) is 16.7 Å². The minimum absolute atomic E-state index is 0.0572. The van der Waals surface area contributed by atoms with Gasteiger partial charge in [0.15, 0.2) is 0 Å². The number of ether oxygens (including phenoxy) is 2. The zero-order valence-electron chi connectivity index (χ0n) is 17.5. The van der Waals surface area contributed by atoms with Gasteiger partial charge in [-0.25, -0.2) is 4.79 Å². The molecule has 152 valence electrons. The van der Waals surface area contributed by atoms with Crippen LogP contribution in [0.4, 0.5) is 10.5 Å². The SMILES string of the molecule is COC1CN(C(=O)OC(C)(C)C)CC1N(C)c1ccc(-c2cnn(C)c2)cc1. The molecule has 0 spiro atoms. The molecule has 2 unspecified atom stereocenters. The summed E-state index contributed by atoms with van der Waals surface area (Å²) in [5.74, 6) is 0. The molecule has 7 heteroatoms. The number of hydrogen-bond donors (Lipinski definition) is 0. The van der Waals surface area contributed by atoms with Gasteiger partial charge in [-0.3, -0.25) is 4.68 Å². The summed E-state index contributed by atoms with van der Waals surface area (Å²) in [6, 6.07) is 8.41. The molecule has 1 amide bonds. The lowest BCUT2D eigenvalue weighted by Gasteiger charge is -2.30. The van der Waals surface area contributed by atoms with Gasteiger partial charge in [-0.1, -0.05) is 12.1 Å². The van der Waals surface area contributed by atoms with Crippen LogP contribution in [0.3, 0.4) is 0 Å². The molecule has 0 saturated carbocycles. The summed E-state index contributed by atoms with van der Waals surface area (Å²) >= 11 is 0. The van der Waals surface area contributed by atoms with Gasteiger partial charge in [-0.15, -0.1) is 0 Å². The van der Waals surface area contributed by atoms with Crippen molar-refractivity contribution >= 4 is 11.8 Å². The van der Waals surface area contributed by atoms with Crippen molar-refractivity contribution in [2.45, 2.75) is 38.5 Å². The van der Waals surface area contributed by atoms with Gasteiger partial charge >= 0.3 is 6.09 Å². The van der Waals surface area contributed by atoms with Crippen LogP contribution in [0.5, 0.6) is 0 Å². The molecule has 0 bridgehead atoms. The Balaban J connectivity index is 1.71. The summed E-state index contributed by atoms with van der Waals surface area (Å²) < 4.78 is 13.0. The Bertz CT molecular complexity index is 810. The number of hydrogen-bond acceptors (Lipinski definition) is 5. The quantitative estimate of drug-likeness (QED) is 0.808. The van der Waals surface area contributed by atoms with Crippen LogP contribution in [-0.4, -0.2) is 65.8 Å². The number of anilines is 1. The molecule has 2 aromatic rings. The van der Waals surface area contributed by atoms with Crippen LogP contribution in [-0.2, 0) is 16.5 Å². The van der Waals surface area contributed by atoms with Crippen LogP contribution < -0.4 is 4.90 Å². The number of carbonyl (C=O) groups excluding carboxylic acids is 1. The lowest BCUT2D eigenvalue weighted by molar-refractivity contribution is 0.0252. The van der Waals surface area contributed by atoms with Gasteiger partial charge in [0.1, 0.15) is 5.60 Å². The van der Waals surface area contributed by atoms with Crippen molar-refractivity contribution in [3.8, 4) is 11.1 Å². The highest BCUT2D eigenvalue weighted by Crippen LogP contribution is 2.27. The summed E-state index contributed by atoms with van der Waals surface area (Å²) in [6.07, 6.45) is 3.48. The van der Waals surface area contributed by atoms with Gasteiger partial charge in [0.2, 0.25) is 0 Å². The van der Waals surface area contributed by atoms with Gasteiger partial charge in [-0.2, -0.15) is 5.10 Å². The maximum Gasteiger partial charge on any atom is 0.410 e. The zero-order chi connectivity index (χ0) is 20.5. The number of likely N-dealkylation sites (tertiary alicyclic amines) is 1. The fraction of sp³-hybridized carbons (Fsp3) is 0.524. The molecule has 0 N–H and O–H groups in total. The molecule has 0 aliphatic carbocycles. The normalized spacial score (nSPS) is 19.7. The summed E-state index contributed by atoms with van der Waals surface area (Å²) in [6.45, 7) is 6.72. The number of aryl methyl sites for hydroxylation is 1. The maximum absolute atomic E-state index is 12.5. The molecular weight excluding hydrogens is 356 g/mol. The number of aromatic nitrogens is 2. The van der Waals surface area contributed by atoms with Crippen molar-refractivity contribution in [2.24, 2.45) is 7.05 Å². The monoisotopic (exact) mass is 386 g/mol. The van der Waals surface area contributed by atoms with E-state index in [0.717, 1.165) is 16.8 Å². The number of carbonyl (C=O) groups is 1. The second-order valence-electron chi connectivity index (χ2n) is 8.29. The Labute approximate surface area is 166 Å². The third-order valence-electron chi connectivity index (χ3n) is 5.00. The largest absolute Gasteiger partial charge is 0.444 e. The minimum atomic E-state index is -0.508. The molecule has 28 heavy (non-hydrogen) atoms. The van der Waals surface area contributed by atoms with Crippen LogP contribution in [0.2, 0.25) is 0 Å². The number of rotatable bonds is 4. The van der Waals surface area contributed by atoms with Crippen LogP contribution in [0.25, 0.3) is 11.1 Å². The molecule has 1 aromatic carbocycles. The third kappa shape index (κ3) is 4.47. The van der Waals surface area contributed by atoms with Crippen LogP contribution in [0, 0.1) is 0 Å². The lowest BCUT2D eigenvalue weighted by Crippen LogP contribution is -2.42. The summed E-state index contributed by atoms with van der Waals surface area (Å²) in [7, 11) is 5.64. The van der Waals surface area contributed by atoms with E-state index in [2.05, 4.69) is 34.3 Å². The molecule has 2 heterocycles. The summed E-state index contributed by atoms with van der Waals surface area (Å²) in [5.41, 5.74) is 2.77. The highest BCUT2D eigenvalue weighted by molar-refractivity contribution is 5.69. The Hall–Kier alpha value is -2.54. The first-order chi connectivity index (χ1) is 13.2. The number of likely N-dealkylation sites (N-methyl/N-ethyl adjacent to an activating group) is 1. The fourth-order valence-electron chi connectivity index (χ4n) is 3.49. The van der Waals surface area contributed by atoms with Crippen molar-refractivity contribution in [1.29, 1.82) is 0 Å². The van der Waals surface area contributed by atoms with Gasteiger partial charge in [0.25, 0.3) is 0 Å². The Kier molecular flexibility index (Phi) is 5.65. The van der Waals surface area contributed by atoms with Crippen LogP contribution >= 0.6 is 0 Å². The first kappa shape index (κ1) is 20.2. The average molecular weight is 386 g/mol. The van der Waals surface area contributed by atoms with E-state index < -0.39 is 5.60 Å². The van der Waals surface area contributed by atoms with Crippen molar-refractivity contribution in [2.75, 3.05) is 32.1 Å². The predicted octanol–water partition coefficient (Wildman–Crippen LogP) is 3.16. The second kappa shape index (κ2) is 7.83.